The van der Waals surface area contributed by atoms with E-state index in [0.29, 0.717) is 21.4 Å². The van der Waals surface area contributed by atoms with Gasteiger partial charge in [0.1, 0.15) is 10.9 Å². The summed E-state index contributed by atoms with van der Waals surface area (Å²) in [5, 5.41) is 16.4. The number of anilines is 1. The topological polar surface area (TPSA) is 123 Å². The maximum atomic E-state index is 12.5. The van der Waals surface area contributed by atoms with Crippen LogP contribution in [0.4, 0.5) is 5.95 Å². The standard InChI is InChI=1S/C15H11Br2N7OS/c1-7(21-13(25)8-2-9(16)4-10(17)3-8)12-22-14(19)23-24(12)15-20-6-11(5-18)26-15/h2-4,6-7H,1H3,(H2,19,23)(H,21,25)/t7-/m0/s1. The lowest BCUT2D eigenvalue weighted by atomic mass is 10.2. The minimum atomic E-state index is -0.487. The number of nitrogens with one attached hydrogen (secondary N) is 1. The number of aromatic nitrogens is 4. The van der Waals surface area contributed by atoms with Crippen molar-refractivity contribution in [2.45, 2.75) is 13.0 Å². The summed E-state index contributed by atoms with van der Waals surface area (Å²) in [7, 11) is 0. The highest BCUT2D eigenvalue weighted by Crippen LogP contribution is 2.23. The Kier molecular flexibility index (Phi) is 5.36. The van der Waals surface area contributed by atoms with Crippen molar-refractivity contribution >= 4 is 55.1 Å². The Hall–Kier alpha value is -2.29. The lowest BCUT2D eigenvalue weighted by Gasteiger charge is -2.13. The molecule has 0 bridgehead atoms. The summed E-state index contributed by atoms with van der Waals surface area (Å²) in [6.07, 6.45) is 1.45. The summed E-state index contributed by atoms with van der Waals surface area (Å²) < 4.78 is 3.00. The summed E-state index contributed by atoms with van der Waals surface area (Å²) in [4.78, 5) is 21.3. The Morgan fingerprint density at radius 3 is 2.69 bits per heavy atom. The van der Waals surface area contributed by atoms with Gasteiger partial charge in [0.2, 0.25) is 11.1 Å². The molecule has 26 heavy (non-hydrogen) atoms. The number of nitriles is 1. The van der Waals surface area contributed by atoms with Gasteiger partial charge < -0.3 is 11.1 Å². The highest BCUT2D eigenvalue weighted by Gasteiger charge is 2.21. The summed E-state index contributed by atoms with van der Waals surface area (Å²) in [5.74, 6) is 0.202. The zero-order valence-electron chi connectivity index (χ0n) is 13.3. The number of amides is 1. The van der Waals surface area contributed by atoms with Gasteiger partial charge in [-0.1, -0.05) is 43.2 Å². The van der Waals surface area contributed by atoms with Crippen LogP contribution in [0, 0.1) is 11.3 Å². The van der Waals surface area contributed by atoms with Crippen molar-refractivity contribution < 1.29 is 4.79 Å². The second-order valence-corrected chi connectivity index (χ2v) is 8.05. The minimum absolute atomic E-state index is 0.0556. The van der Waals surface area contributed by atoms with Crippen molar-refractivity contribution in [3.8, 4) is 11.2 Å². The molecule has 1 atom stereocenters. The van der Waals surface area contributed by atoms with Gasteiger partial charge in [-0.05, 0) is 25.1 Å². The van der Waals surface area contributed by atoms with Crippen LogP contribution in [0.2, 0.25) is 0 Å². The van der Waals surface area contributed by atoms with Crippen molar-refractivity contribution in [1.29, 1.82) is 5.26 Å². The van der Waals surface area contributed by atoms with E-state index in [0.717, 1.165) is 20.3 Å². The van der Waals surface area contributed by atoms with Gasteiger partial charge in [-0.2, -0.15) is 14.9 Å². The molecule has 3 N–H and O–H groups in total. The number of hydrogen-bond donors (Lipinski definition) is 2. The fourth-order valence-corrected chi connectivity index (χ4v) is 4.17. The van der Waals surface area contributed by atoms with E-state index in [9.17, 15) is 4.79 Å². The molecule has 8 nitrogen and oxygen atoms in total. The van der Waals surface area contributed by atoms with Gasteiger partial charge in [-0.3, -0.25) is 4.79 Å². The summed E-state index contributed by atoms with van der Waals surface area (Å²) in [6.45, 7) is 1.77. The smallest absolute Gasteiger partial charge is 0.251 e. The number of hydrogen-bond acceptors (Lipinski definition) is 7. The second-order valence-electron chi connectivity index (χ2n) is 5.21. The average molecular weight is 497 g/mol. The van der Waals surface area contributed by atoms with Crippen molar-refractivity contribution in [1.82, 2.24) is 25.1 Å². The van der Waals surface area contributed by atoms with Crippen LogP contribution < -0.4 is 11.1 Å². The zero-order chi connectivity index (χ0) is 18.8. The van der Waals surface area contributed by atoms with Crippen LogP contribution in [0.15, 0.2) is 33.3 Å². The molecule has 0 aliphatic carbocycles. The van der Waals surface area contributed by atoms with Gasteiger partial charge in [0.25, 0.3) is 5.91 Å². The molecule has 2 aromatic heterocycles. The number of carbonyl (C=O) groups is 1. The van der Waals surface area contributed by atoms with Crippen LogP contribution in [0.5, 0.6) is 0 Å². The number of nitrogens with two attached hydrogens (primary N) is 1. The molecule has 11 heteroatoms. The Balaban J connectivity index is 1.87. The van der Waals surface area contributed by atoms with Gasteiger partial charge in [-0.25, -0.2) is 4.98 Å². The number of nitrogens with zero attached hydrogens (tertiary/aromatic N) is 5. The van der Waals surface area contributed by atoms with Crippen molar-refractivity contribution in [3.63, 3.8) is 0 Å². The largest absolute Gasteiger partial charge is 0.366 e. The molecule has 0 spiro atoms. The molecule has 0 saturated carbocycles. The lowest BCUT2D eigenvalue weighted by molar-refractivity contribution is 0.0937. The minimum Gasteiger partial charge on any atom is -0.366 e. The predicted octanol–water partition coefficient (Wildman–Crippen LogP) is 3.19. The molecule has 0 radical (unpaired) electrons. The van der Waals surface area contributed by atoms with E-state index in [1.807, 2.05) is 12.1 Å². The lowest BCUT2D eigenvalue weighted by Crippen LogP contribution is -2.28. The van der Waals surface area contributed by atoms with Crippen LogP contribution in [-0.2, 0) is 0 Å². The molecular weight excluding hydrogens is 486 g/mol. The quantitative estimate of drug-likeness (QED) is 0.571. The normalized spacial score (nSPS) is 11.8. The number of nitrogen functional groups attached to an aromatic ring is 1. The number of benzene rings is 1. The van der Waals surface area contributed by atoms with E-state index in [1.54, 1.807) is 19.1 Å². The first-order valence-electron chi connectivity index (χ1n) is 7.23. The number of rotatable bonds is 4. The summed E-state index contributed by atoms with van der Waals surface area (Å²) in [6, 6.07) is 6.80. The van der Waals surface area contributed by atoms with Crippen molar-refractivity contribution in [2.75, 3.05) is 5.73 Å². The van der Waals surface area contributed by atoms with Gasteiger partial charge in [0, 0.05) is 14.5 Å². The number of halogens is 2. The maximum Gasteiger partial charge on any atom is 0.251 e. The van der Waals surface area contributed by atoms with Crippen molar-refractivity contribution in [2.24, 2.45) is 0 Å². The first-order valence-corrected chi connectivity index (χ1v) is 9.63. The molecule has 0 unspecified atom stereocenters. The first-order chi connectivity index (χ1) is 12.4. The van der Waals surface area contributed by atoms with Crippen LogP contribution in [-0.4, -0.2) is 25.7 Å². The monoisotopic (exact) mass is 495 g/mol. The third-order valence-electron chi connectivity index (χ3n) is 3.29. The van der Waals surface area contributed by atoms with Gasteiger partial charge in [-0.15, -0.1) is 5.10 Å². The zero-order valence-corrected chi connectivity index (χ0v) is 17.3. The Labute approximate surface area is 169 Å². The highest BCUT2D eigenvalue weighted by atomic mass is 79.9. The van der Waals surface area contributed by atoms with E-state index in [1.165, 1.54) is 10.9 Å². The highest BCUT2D eigenvalue weighted by molar-refractivity contribution is 9.11. The Bertz CT molecular complexity index is 1000. The number of thiazole rings is 1. The molecule has 1 aromatic carbocycles. The molecule has 0 aliphatic rings. The SMILES string of the molecule is C[C@H](NC(=O)c1cc(Br)cc(Br)c1)c1nc(N)nn1-c1ncc(C#N)s1. The maximum absolute atomic E-state index is 12.5. The molecule has 1 amide bonds. The average Bonchev–Trinajstić information content (AvgIpc) is 3.19. The molecular formula is C15H11Br2N7OS. The molecule has 3 rings (SSSR count). The fourth-order valence-electron chi connectivity index (χ4n) is 2.21. The molecule has 0 aliphatic heterocycles. The van der Waals surface area contributed by atoms with E-state index in [-0.39, 0.29) is 11.9 Å². The van der Waals surface area contributed by atoms with Crippen molar-refractivity contribution in [3.05, 3.63) is 49.6 Å². The van der Waals surface area contributed by atoms with E-state index < -0.39 is 6.04 Å². The van der Waals surface area contributed by atoms with Crippen LogP contribution in [0.1, 0.15) is 34.0 Å². The predicted molar refractivity (Wildman–Crippen MR) is 104 cm³/mol. The molecule has 2 heterocycles. The molecule has 0 fully saturated rings. The Morgan fingerprint density at radius 1 is 1.38 bits per heavy atom. The van der Waals surface area contributed by atoms with Crippen LogP contribution >= 0.6 is 43.2 Å². The second kappa shape index (κ2) is 7.53. The van der Waals surface area contributed by atoms with Gasteiger partial charge >= 0.3 is 0 Å². The Morgan fingerprint density at radius 2 is 2.08 bits per heavy atom. The molecule has 0 saturated heterocycles. The van der Waals surface area contributed by atoms with Gasteiger partial charge in [0.05, 0.1) is 12.2 Å². The van der Waals surface area contributed by atoms with Gasteiger partial charge in [0.15, 0.2) is 5.82 Å². The number of carbonyl (C=O) groups excluding carboxylic acids is 1. The van der Waals surface area contributed by atoms with Crippen LogP contribution in [0.3, 0.4) is 0 Å². The van der Waals surface area contributed by atoms with E-state index in [2.05, 4.69) is 52.2 Å². The molecule has 3 aromatic rings. The van der Waals surface area contributed by atoms with E-state index >= 15 is 0 Å². The molecule has 132 valence electrons. The third kappa shape index (κ3) is 3.92. The van der Waals surface area contributed by atoms with E-state index in [4.69, 9.17) is 11.0 Å². The summed E-state index contributed by atoms with van der Waals surface area (Å²) in [5.41, 5.74) is 6.20. The fraction of sp³-hybridized carbons (Fsp3) is 0.133. The summed E-state index contributed by atoms with van der Waals surface area (Å²) >= 11 is 7.88. The third-order valence-corrected chi connectivity index (χ3v) is 5.09. The first kappa shape index (κ1) is 18.5. The van der Waals surface area contributed by atoms with Crippen LogP contribution in [0.25, 0.3) is 5.13 Å².